The molecule has 1 saturated heterocycles. The van der Waals surface area contributed by atoms with Gasteiger partial charge in [0.25, 0.3) is 0 Å². The van der Waals surface area contributed by atoms with Gasteiger partial charge in [0.2, 0.25) is 5.91 Å². The van der Waals surface area contributed by atoms with Gasteiger partial charge in [0.15, 0.2) is 6.10 Å². The summed E-state index contributed by atoms with van der Waals surface area (Å²) in [6.45, 7) is 1.87. The number of cyclic esters (lactones) is 1. The fourth-order valence-corrected chi connectivity index (χ4v) is 2.73. The summed E-state index contributed by atoms with van der Waals surface area (Å²) in [6, 6.07) is 13.9. The lowest BCUT2D eigenvalue weighted by Gasteiger charge is -2.15. The number of amides is 2. The van der Waals surface area contributed by atoms with E-state index in [0.29, 0.717) is 29.2 Å². The van der Waals surface area contributed by atoms with Gasteiger partial charge >= 0.3 is 6.09 Å². The fraction of sp³-hybridized carbons (Fsp3) is 0.211. The van der Waals surface area contributed by atoms with E-state index < -0.39 is 12.2 Å². The number of carbonyl (C=O) groups excluding carboxylic acids is 2. The van der Waals surface area contributed by atoms with Crippen LogP contribution >= 0.6 is 0 Å². The van der Waals surface area contributed by atoms with Crippen molar-refractivity contribution in [1.82, 2.24) is 0 Å². The smallest absolute Gasteiger partial charge is 0.414 e. The van der Waals surface area contributed by atoms with Gasteiger partial charge in [-0.05, 0) is 24.3 Å². The molecule has 2 aromatic rings. The third kappa shape index (κ3) is 4.35. The number of nitrogens with zero attached hydrogens (tertiary/aromatic N) is 1. The van der Waals surface area contributed by atoms with Crippen LogP contribution < -0.4 is 20.7 Å². The SMILES string of the molecule is CC(=O)Nc1ccccc1OCC1CN(c2cccc(C(=N)N)c2)C(=O)O1. The quantitative estimate of drug-likeness (QED) is 0.534. The molecule has 2 aromatic carbocycles. The predicted molar refractivity (Wildman–Crippen MR) is 101 cm³/mol. The third-order valence-electron chi connectivity index (χ3n) is 3.97. The van der Waals surface area contributed by atoms with E-state index in [1.165, 1.54) is 11.8 Å². The van der Waals surface area contributed by atoms with Crippen molar-refractivity contribution in [2.75, 3.05) is 23.4 Å². The van der Waals surface area contributed by atoms with Crippen LogP contribution in [-0.4, -0.2) is 37.1 Å². The van der Waals surface area contributed by atoms with Gasteiger partial charge in [-0.15, -0.1) is 0 Å². The summed E-state index contributed by atoms with van der Waals surface area (Å²) in [4.78, 5) is 24.9. The monoisotopic (exact) mass is 368 g/mol. The molecule has 1 unspecified atom stereocenters. The number of nitrogen functional groups attached to an aromatic ring is 1. The average molecular weight is 368 g/mol. The van der Waals surface area contributed by atoms with Crippen molar-refractivity contribution < 1.29 is 19.1 Å². The van der Waals surface area contributed by atoms with Crippen molar-refractivity contribution >= 4 is 29.2 Å². The highest BCUT2D eigenvalue weighted by Gasteiger charge is 2.33. The standard InChI is InChI=1S/C19H20N4O4/c1-12(24)22-16-7-2-3-8-17(16)26-11-15-10-23(19(25)27-15)14-6-4-5-13(9-14)18(20)21/h2-9,15H,10-11H2,1H3,(H3,20,21)(H,22,24). The van der Waals surface area contributed by atoms with Crippen LogP contribution in [0.15, 0.2) is 48.5 Å². The number of benzene rings is 2. The molecule has 1 atom stereocenters. The van der Waals surface area contributed by atoms with Crippen molar-refractivity contribution in [3.8, 4) is 5.75 Å². The lowest BCUT2D eigenvalue weighted by Crippen LogP contribution is -2.27. The van der Waals surface area contributed by atoms with Gasteiger partial charge in [-0.1, -0.05) is 24.3 Å². The highest BCUT2D eigenvalue weighted by atomic mass is 16.6. The number of hydrogen-bond donors (Lipinski definition) is 3. The summed E-state index contributed by atoms with van der Waals surface area (Å²) in [7, 11) is 0. The molecule has 1 aliphatic heterocycles. The van der Waals surface area contributed by atoms with Gasteiger partial charge in [0.1, 0.15) is 18.2 Å². The summed E-state index contributed by atoms with van der Waals surface area (Å²) in [5.41, 5.74) is 7.20. The van der Waals surface area contributed by atoms with E-state index in [2.05, 4.69) is 5.32 Å². The molecule has 8 heteroatoms. The molecule has 0 saturated carbocycles. The predicted octanol–water partition coefficient (Wildman–Crippen LogP) is 2.33. The number of rotatable bonds is 6. The van der Waals surface area contributed by atoms with Crippen LogP contribution in [0.2, 0.25) is 0 Å². The van der Waals surface area contributed by atoms with Gasteiger partial charge in [0.05, 0.1) is 12.2 Å². The first-order chi connectivity index (χ1) is 12.9. The Morgan fingerprint density at radius 2 is 2.11 bits per heavy atom. The molecule has 0 radical (unpaired) electrons. The maximum absolute atomic E-state index is 12.2. The van der Waals surface area contributed by atoms with Gasteiger partial charge < -0.3 is 20.5 Å². The zero-order valence-corrected chi connectivity index (χ0v) is 14.8. The number of nitrogens with one attached hydrogen (secondary N) is 2. The molecule has 0 aliphatic carbocycles. The molecule has 0 spiro atoms. The molecular formula is C19H20N4O4. The topological polar surface area (TPSA) is 118 Å². The molecule has 27 heavy (non-hydrogen) atoms. The number of nitrogens with two attached hydrogens (primary N) is 1. The summed E-state index contributed by atoms with van der Waals surface area (Å²) >= 11 is 0. The van der Waals surface area contributed by atoms with Crippen molar-refractivity contribution in [2.45, 2.75) is 13.0 Å². The number of ether oxygens (including phenoxy) is 2. The van der Waals surface area contributed by atoms with E-state index in [1.54, 1.807) is 48.5 Å². The molecule has 3 rings (SSSR count). The Morgan fingerprint density at radius 1 is 1.33 bits per heavy atom. The molecule has 0 bridgehead atoms. The Labute approximate surface area is 156 Å². The molecule has 0 aromatic heterocycles. The average Bonchev–Trinajstić information content (AvgIpc) is 3.01. The molecule has 1 aliphatic rings. The number of hydrogen-bond acceptors (Lipinski definition) is 5. The van der Waals surface area contributed by atoms with Crippen molar-refractivity contribution in [3.05, 3.63) is 54.1 Å². The number of carbonyl (C=O) groups is 2. The van der Waals surface area contributed by atoms with Crippen LogP contribution in [0.4, 0.5) is 16.2 Å². The minimum Gasteiger partial charge on any atom is -0.487 e. The van der Waals surface area contributed by atoms with Crippen molar-refractivity contribution in [3.63, 3.8) is 0 Å². The first-order valence-corrected chi connectivity index (χ1v) is 8.36. The molecule has 4 N–H and O–H groups in total. The Kier molecular flexibility index (Phi) is 5.25. The maximum Gasteiger partial charge on any atom is 0.414 e. The van der Waals surface area contributed by atoms with Crippen molar-refractivity contribution in [2.24, 2.45) is 5.73 Å². The summed E-state index contributed by atoms with van der Waals surface area (Å²) in [5.74, 6) is 0.231. The van der Waals surface area contributed by atoms with Gasteiger partial charge in [-0.3, -0.25) is 15.1 Å². The molecule has 1 heterocycles. The van der Waals surface area contributed by atoms with Gasteiger partial charge in [-0.25, -0.2) is 4.79 Å². The zero-order chi connectivity index (χ0) is 19.4. The summed E-state index contributed by atoms with van der Waals surface area (Å²) in [5, 5.41) is 10.2. The van der Waals surface area contributed by atoms with E-state index in [4.69, 9.17) is 20.6 Å². The second-order valence-electron chi connectivity index (χ2n) is 6.07. The largest absolute Gasteiger partial charge is 0.487 e. The first-order valence-electron chi connectivity index (χ1n) is 8.36. The molecule has 2 amide bonds. The summed E-state index contributed by atoms with van der Waals surface area (Å²) in [6.07, 6.45) is -0.955. The minimum absolute atomic E-state index is 0.0705. The first kappa shape index (κ1) is 18.2. The fourth-order valence-electron chi connectivity index (χ4n) is 2.73. The Hall–Kier alpha value is -3.55. The second kappa shape index (κ2) is 7.77. The summed E-state index contributed by atoms with van der Waals surface area (Å²) < 4.78 is 11.1. The lowest BCUT2D eigenvalue weighted by molar-refractivity contribution is -0.114. The van der Waals surface area contributed by atoms with E-state index in [-0.39, 0.29) is 18.3 Å². The zero-order valence-electron chi connectivity index (χ0n) is 14.8. The third-order valence-corrected chi connectivity index (χ3v) is 3.97. The van der Waals surface area contributed by atoms with E-state index in [9.17, 15) is 9.59 Å². The highest BCUT2D eigenvalue weighted by Crippen LogP contribution is 2.26. The number of para-hydroxylation sites is 2. The van der Waals surface area contributed by atoms with E-state index in [0.717, 1.165) is 0 Å². The highest BCUT2D eigenvalue weighted by molar-refractivity contribution is 5.97. The van der Waals surface area contributed by atoms with Gasteiger partial charge in [-0.2, -0.15) is 0 Å². The molecule has 8 nitrogen and oxygen atoms in total. The van der Waals surface area contributed by atoms with E-state index in [1.807, 2.05) is 0 Å². The van der Waals surface area contributed by atoms with Crippen molar-refractivity contribution in [1.29, 1.82) is 5.41 Å². The Morgan fingerprint density at radius 3 is 2.85 bits per heavy atom. The Bertz CT molecular complexity index is 884. The molecular weight excluding hydrogens is 348 g/mol. The van der Waals surface area contributed by atoms with Crippen LogP contribution in [-0.2, 0) is 9.53 Å². The second-order valence-corrected chi connectivity index (χ2v) is 6.07. The van der Waals surface area contributed by atoms with Gasteiger partial charge in [0, 0.05) is 18.2 Å². The van der Waals surface area contributed by atoms with Crippen LogP contribution in [0, 0.1) is 5.41 Å². The van der Waals surface area contributed by atoms with E-state index >= 15 is 0 Å². The van der Waals surface area contributed by atoms with Crippen LogP contribution in [0.1, 0.15) is 12.5 Å². The van der Waals surface area contributed by atoms with Crippen LogP contribution in [0.25, 0.3) is 0 Å². The lowest BCUT2D eigenvalue weighted by atomic mass is 10.1. The minimum atomic E-state index is -0.487. The maximum atomic E-state index is 12.2. The molecule has 1 fully saturated rings. The van der Waals surface area contributed by atoms with Crippen LogP contribution in [0.5, 0.6) is 5.75 Å². The number of anilines is 2. The normalized spacial score (nSPS) is 16.0. The van der Waals surface area contributed by atoms with Crippen LogP contribution in [0.3, 0.4) is 0 Å². The Balaban J connectivity index is 1.66. The molecule has 140 valence electrons. The number of amidine groups is 1.